The van der Waals surface area contributed by atoms with E-state index in [-0.39, 0.29) is 18.0 Å². The normalized spacial score (nSPS) is 21.5. The Labute approximate surface area is 114 Å². The molecule has 0 aromatic heterocycles. The Morgan fingerprint density at radius 1 is 1.53 bits per heavy atom. The molecule has 1 saturated heterocycles. The number of rotatable bonds is 4. The van der Waals surface area contributed by atoms with E-state index in [1.165, 1.54) is 6.07 Å². The number of benzene rings is 1. The molecule has 2 atom stereocenters. The van der Waals surface area contributed by atoms with E-state index in [2.05, 4.69) is 10.2 Å². The molecule has 4 heteroatoms. The predicted octanol–water partition coefficient (Wildman–Crippen LogP) is 2.46. The minimum Gasteiger partial charge on any atom is -0.391 e. The molecule has 0 aliphatic carbocycles. The van der Waals surface area contributed by atoms with Crippen LogP contribution >= 0.6 is 0 Å². The zero-order valence-electron chi connectivity index (χ0n) is 11.7. The summed E-state index contributed by atoms with van der Waals surface area (Å²) in [6.45, 7) is 6.27. The number of halogens is 1. The van der Waals surface area contributed by atoms with E-state index in [0.717, 1.165) is 31.6 Å². The summed E-state index contributed by atoms with van der Waals surface area (Å²) in [7, 11) is 0. The van der Waals surface area contributed by atoms with Gasteiger partial charge in [0.15, 0.2) is 0 Å². The molecule has 106 valence electrons. The number of anilines is 1. The van der Waals surface area contributed by atoms with E-state index in [1.807, 2.05) is 19.9 Å². The Bertz CT molecular complexity index is 425. The molecule has 0 amide bonds. The zero-order valence-corrected chi connectivity index (χ0v) is 11.7. The Balaban J connectivity index is 2.31. The highest BCUT2D eigenvalue weighted by Crippen LogP contribution is 2.30. The molecule has 0 bridgehead atoms. The van der Waals surface area contributed by atoms with E-state index in [4.69, 9.17) is 0 Å². The van der Waals surface area contributed by atoms with Gasteiger partial charge in [-0.05, 0) is 38.4 Å². The molecule has 1 fully saturated rings. The highest BCUT2D eigenvalue weighted by atomic mass is 19.1. The summed E-state index contributed by atoms with van der Waals surface area (Å²) in [6.07, 6.45) is 1.48. The number of piperidine rings is 1. The van der Waals surface area contributed by atoms with Gasteiger partial charge in [-0.15, -0.1) is 0 Å². The van der Waals surface area contributed by atoms with Gasteiger partial charge < -0.3 is 15.3 Å². The molecular formula is C15H23FN2O. The van der Waals surface area contributed by atoms with Crippen molar-refractivity contribution in [3.05, 3.63) is 29.6 Å². The highest BCUT2D eigenvalue weighted by molar-refractivity contribution is 5.56. The van der Waals surface area contributed by atoms with E-state index in [1.54, 1.807) is 6.07 Å². The van der Waals surface area contributed by atoms with Crippen LogP contribution in [-0.2, 0) is 0 Å². The summed E-state index contributed by atoms with van der Waals surface area (Å²) in [6, 6.07) is 5.17. The average molecular weight is 266 g/mol. The minimum atomic E-state index is -0.306. The number of nitrogens with one attached hydrogen (secondary N) is 1. The van der Waals surface area contributed by atoms with E-state index < -0.39 is 0 Å². The summed E-state index contributed by atoms with van der Waals surface area (Å²) < 4.78 is 14.1. The lowest BCUT2D eigenvalue weighted by Gasteiger charge is -2.34. The van der Waals surface area contributed by atoms with Gasteiger partial charge in [-0.1, -0.05) is 13.0 Å². The number of hydrogen-bond acceptors (Lipinski definition) is 3. The van der Waals surface area contributed by atoms with Crippen LogP contribution in [-0.4, -0.2) is 30.8 Å². The Hall–Kier alpha value is -1.13. The molecule has 1 heterocycles. The van der Waals surface area contributed by atoms with E-state index in [0.29, 0.717) is 12.1 Å². The Kier molecular flexibility index (Phi) is 4.77. The van der Waals surface area contributed by atoms with Crippen LogP contribution in [0.15, 0.2) is 18.2 Å². The summed E-state index contributed by atoms with van der Waals surface area (Å²) in [4.78, 5) is 2.10. The number of aliphatic hydroxyl groups is 1. The molecule has 0 saturated carbocycles. The zero-order chi connectivity index (χ0) is 13.8. The summed E-state index contributed by atoms with van der Waals surface area (Å²) in [5, 5.41) is 13.1. The molecular weight excluding hydrogens is 243 g/mol. The van der Waals surface area contributed by atoms with Gasteiger partial charge in [0.1, 0.15) is 5.82 Å². The van der Waals surface area contributed by atoms with Gasteiger partial charge in [0.05, 0.1) is 6.10 Å². The van der Waals surface area contributed by atoms with Crippen molar-refractivity contribution in [2.75, 3.05) is 24.5 Å². The summed E-state index contributed by atoms with van der Waals surface area (Å²) in [5.74, 6) is -0.175. The monoisotopic (exact) mass is 266 g/mol. The summed E-state index contributed by atoms with van der Waals surface area (Å²) in [5.41, 5.74) is 1.62. The van der Waals surface area contributed by atoms with E-state index in [9.17, 15) is 9.50 Å². The van der Waals surface area contributed by atoms with Crippen molar-refractivity contribution in [1.82, 2.24) is 5.32 Å². The lowest BCUT2D eigenvalue weighted by molar-refractivity contribution is 0.154. The van der Waals surface area contributed by atoms with Crippen molar-refractivity contribution in [2.45, 2.75) is 38.8 Å². The predicted molar refractivity (Wildman–Crippen MR) is 75.9 cm³/mol. The standard InChI is InChI=1S/C15H23FN2O/c1-3-17-11(2)15-13(16)7-4-8-14(15)18-9-5-6-12(19)10-18/h4,7-8,11-12,17,19H,3,5-6,9-10H2,1-2H3. The maximum atomic E-state index is 14.1. The number of β-amino-alcohol motifs (C(OH)–C–C–N with tert-alkyl or cyclic N) is 1. The second kappa shape index (κ2) is 6.35. The lowest BCUT2D eigenvalue weighted by Crippen LogP contribution is -2.39. The second-order valence-electron chi connectivity index (χ2n) is 5.19. The fourth-order valence-electron chi connectivity index (χ4n) is 2.81. The fraction of sp³-hybridized carbons (Fsp3) is 0.600. The lowest BCUT2D eigenvalue weighted by atomic mass is 10.0. The molecule has 2 N–H and O–H groups in total. The average Bonchev–Trinajstić information content (AvgIpc) is 2.38. The highest BCUT2D eigenvalue weighted by Gasteiger charge is 2.23. The third-order valence-corrected chi connectivity index (χ3v) is 3.71. The number of aliphatic hydroxyl groups excluding tert-OH is 1. The largest absolute Gasteiger partial charge is 0.391 e. The maximum absolute atomic E-state index is 14.1. The second-order valence-corrected chi connectivity index (χ2v) is 5.19. The molecule has 1 aromatic rings. The van der Waals surface area contributed by atoms with Crippen molar-refractivity contribution in [2.24, 2.45) is 0 Å². The van der Waals surface area contributed by atoms with Gasteiger partial charge in [-0.3, -0.25) is 0 Å². The van der Waals surface area contributed by atoms with Crippen LogP contribution in [0.4, 0.5) is 10.1 Å². The number of nitrogens with zero attached hydrogens (tertiary/aromatic N) is 1. The van der Waals surface area contributed by atoms with Gasteiger partial charge in [-0.25, -0.2) is 4.39 Å². The third-order valence-electron chi connectivity index (χ3n) is 3.71. The van der Waals surface area contributed by atoms with Crippen molar-refractivity contribution in [1.29, 1.82) is 0 Å². The molecule has 1 aliphatic rings. The summed E-state index contributed by atoms with van der Waals surface area (Å²) >= 11 is 0. The van der Waals surface area contributed by atoms with Crippen LogP contribution < -0.4 is 10.2 Å². The van der Waals surface area contributed by atoms with Crippen molar-refractivity contribution in [3.8, 4) is 0 Å². The molecule has 2 unspecified atom stereocenters. The van der Waals surface area contributed by atoms with Gasteiger partial charge >= 0.3 is 0 Å². The maximum Gasteiger partial charge on any atom is 0.130 e. The van der Waals surface area contributed by atoms with Gasteiger partial charge in [0.2, 0.25) is 0 Å². The van der Waals surface area contributed by atoms with Crippen LogP contribution in [0.2, 0.25) is 0 Å². The molecule has 1 aliphatic heterocycles. The number of hydrogen-bond donors (Lipinski definition) is 2. The Morgan fingerprint density at radius 2 is 2.32 bits per heavy atom. The SMILES string of the molecule is CCNC(C)c1c(F)cccc1N1CCCC(O)C1. The first-order chi connectivity index (χ1) is 9.13. The smallest absolute Gasteiger partial charge is 0.130 e. The molecule has 3 nitrogen and oxygen atoms in total. The molecule has 0 radical (unpaired) electrons. The van der Waals surface area contributed by atoms with Crippen molar-refractivity contribution >= 4 is 5.69 Å². The molecule has 2 rings (SSSR count). The van der Waals surface area contributed by atoms with Gasteiger partial charge in [-0.2, -0.15) is 0 Å². The van der Waals surface area contributed by atoms with Crippen LogP contribution in [0.1, 0.15) is 38.3 Å². The first-order valence-electron chi connectivity index (χ1n) is 7.08. The van der Waals surface area contributed by atoms with Gasteiger partial charge in [0, 0.05) is 30.4 Å². The van der Waals surface area contributed by atoms with Crippen LogP contribution in [0.25, 0.3) is 0 Å². The first-order valence-corrected chi connectivity index (χ1v) is 7.08. The van der Waals surface area contributed by atoms with Crippen LogP contribution in [0.3, 0.4) is 0 Å². The first kappa shape index (κ1) is 14.3. The van der Waals surface area contributed by atoms with Crippen molar-refractivity contribution in [3.63, 3.8) is 0 Å². The Morgan fingerprint density at radius 3 is 3.00 bits per heavy atom. The minimum absolute atomic E-state index is 0.0275. The molecule has 0 spiro atoms. The fourth-order valence-corrected chi connectivity index (χ4v) is 2.81. The molecule has 19 heavy (non-hydrogen) atoms. The van der Waals surface area contributed by atoms with E-state index >= 15 is 0 Å². The van der Waals surface area contributed by atoms with Crippen molar-refractivity contribution < 1.29 is 9.50 Å². The third kappa shape index (κ3) is 3.25. The van der Waals surface area contributed by atoms with Gasteiger partial charge in [0.25, 0.3) is 0 Å². The quantitative estimate of drug-likeness (QED) is 0.878. The molecule has 1 aromatic carbocycles. The van der Waals surface area contributed by atoms with Crippen LogP contribution in [0.5, 0.6) is 0 Å². The topological polar surface area (TPSA) is 35.5 Å². The van der Waals surface area contributed by atoms with Crippen LogP contribution in [0, 0.1) is 5.82 Å².